The van der Waals surface area contributed by atoms with E-state index in [0.717, 1.165) is 0 Å². The summed E-state index contributed by atoms with van der Waals surface area (Å²) in [6.45, 7) is 0.551. The molecule has 1 heterocycles. The Morgan fingerprint density at radius 1 is 1.47 bits per heavy atom. The highest BCUT2D eigenvalue weighted by molar-refractivity contribution is 5.89. The molecule has 4 N–H and O–H groups in total. The van der Waals surface area contributed by atoms with Crippen LogP contribution in [0.25, 0.3) is 0 Å². The van der Waals surface area contributed by atoms with Crippen LogP contribution in [0.1, 0.15) is 6.92 Å². The van der Waals surface area contributed by atoms with Crippen molar-refractivity contribution in [2.75, 3.05) is 13.2 Å². The number of hydrogen-bond acceptors (Lipinski definition) is 8. The summed E-state index contributed by atoms with van der Waals surface area (Å²) in [4.78, 5) is 20.1. The van der Waals surface area contributed by atoms with Crippen LogP contribution in [-0.2, 0) is 19.3 Å². The maximum Gasteiger partial charge on any atom is 0.378 e. The van der Waals surface area contributed by atoms with Crippen LogP contribution < -0.4 is 0 Å². The molecule has 0 aromatic rings. The molecule has 1 aliphatic rings. The molecule has 0 bridgehead atoms. The molecular formula is C9H14O8. The van der Waals surface area contributed by atoms with E-state index in [1.54, 1.807) is 0 Å². The standard InChI is InChI=1S/C9H14O8/c1-4(11)3-15-17-8-6(13)9(14)16-7(8)5(12)2-10/h4-5,7,10-13H,2-3H2,1H3/t4-,5-,7+/m0/s1. The normalized spacial score (nSPS) is 23.5. The fourth-order valence-electron chi connectivity index (χ4n) is 1.09. The first kappa shape index (κ1) is 13.7. The highest BCUT2D eigenvalue weighted by Gasteiger charge is 2.41. The first-order valence-corrected chi connectivity index (χ1v) is 4.88. The number of rotatable bonds is 6. The number of carbonyl (C=O) groups is 1. The second-order valence-corrected chi connectivity index (χ2v) is 3.51. The van der Waals surface area contributed by atoms with E-state index in [1.165, 1.54) is 6.92 Å². The summed E-state index contributed by atoms with van der Waals surface area (Å²) < 4.78 is 4.56. The van der Waals surface area contributed by atoms with Crippen molar-refractivity contribution < 1.29 is 39.7 Å². The number of hydrogen-bond donors (Lipinski definition) is 4. The smallest absolute Gasteiger partial charge is 0.378 e. The highest BCUT2D eigenvalue weighted by atomic mass is 17.2. The first-order valence-electron chi connectivity index (χ1n) is 4.88. The Balaban J connectivity index is 2.66. The lowest BCUT2D eigenvalue weighted by Crippen LogP contribution is -2.32. The molecule has 0 saturated heterocycles. The Labute approximate surface area is 96.6 Å². The van der Waals surface area contributed by atoms with Gasteiger partial charge in [-0.1, -0.05) is 0 Å². The number of cyclic esters (lactones) is 1. The van der Waals surface area contributed by atoms with Crippen molar-refractivity contribution in [2.45, 2.75) is 25.2 Å². The number of ether oxygens (including phenoxy) is 1. The van der Waals surface area contributed by atoms with Gasteiger partial charge in [-0.15, -0.1) is 0 Å². The van der Waals surface area contributed by atoms with Gasteiger partial charge in [0.25, 0.3) is 0 Å². The van der Waals surface area contributed by atoms with Gasteiger partial charge in [0.1, 0.15) is 12.7 Å². The third-order valence-corrected chi connectivity index (χ3v) is 1.91. The SMILES string of the molecule is C[C@H](O)COOC1=C(O)C(=O)O[C@@H]1[C@@H](O)CO. The summed E-state index contributed by atoms with van der Waals surface area (Å²) in [6, 6.07) is 0. The lowest BCUT2D eigenvalue weighted by Gasteiger charge is -2.17. The van der Waals surface area contributed by atoms with Crippen molar-refractivity contribution in [3.8, 4) is 0 Å². The van der Waals surface area contributed by atoms with Crippen LogP contribution in [0.3, 0.4) is 0 Å². The van der Waals surface area contributed by atoms with E-state index in [1.807, 2.05) is 0 Å². The minimum atomic E-state index is -1.44. The molecular weight excluding hydrogens is 236 g/mol. The summed E-state index contributed by atoms with van der Waals surface area (Å²) in [6.07, 6.45) is -3.58. The van der Waals surface area contributed by atoms with Crippen LogP contribution in [0, 0.1) is 0 Å². The monoisotopic (exact) mass is 250 g/mol. The fourth-order valence-corrected chi connectivity index (χ4v) is 1.09. The quantitative estimate of drug-likeness (QED) is 0.251. The third kappa shape index (κ3) is 3.30. The van der Waals surface area contributed by atoms with Gasteiger partial charge >= 0.3 is 5.97 Å². The topological polar surface area (TPSA) is 126 Å². The zero-order valence-electron chi connectivity index (χ0n) is 9.07. The van der Waals surface area contributed by atoms with Gasteiger partial charge < -0.3 is 30.1 Å². The second kappa shape index (κ2) is 5.82. The van der Waals surface area contributed by atoms with E-state index in [9.17, 15) is 15.0 Å². The Bertz CT molecular complexity index is 310. The van der Waals surface area contributed by atoms with Gasteiger partial charge in [-0.25, -0.2) is 4.79 Å². The van der Waals surface area contributed by atoms with Crippen LogP contribution in [0.2, 0.25) is 0 Å². The maximum absolute atomic E-state index is 11.0. The van der Waals surface area contributed by atoms with E-state index in [-0.39, 0.29) is 6.61 Å². The van der Waals surface area contributed by atoms with Crippen molar-refractivity contribution in [3.05, 3.63) is 11.5 Å². The van der Waals surface area contributed by atoms with Crippen molar-refractivity contribution in [1.82, 2.24) is 0 Å². The van der Waals surface area contributed by atoms with Crippen molar-refractivity contribution >= 4 is 5.97 Å². The Kier molecular flexibility index (Phi) is 4.70. The van der Waals surface area contributed by atoms with Gasteiger partial charge in [-0.05, 0) is 6.92 Å². The summed E-state index contributed by atoms with van der Waals surface area (Å²) in [5, 5.41) is 36.2. The van der Waals surface area contributed by atoms with Gasteiger partial charge in [0, 0.05) is 0 Å². The molecule has 0 spiro atoms. The average molecular weight is 250 g/mol. The minimum absolute atomic E-state index is 0.201. The summed E-state index contributed by atoms with van der Waals surface area (Å²) >= 11 is 0. The van der Waals surface area contributed by atoms with Crippen LogP contribution in [-0.4, -0.2) is 57.9 Å². The van der Waals surface area contributed by atoms with E-state index in [0.29, 0.717) is 0 Å². The summed E-state index contributed by atoms with van der Waals surface area (Å²) in [5.41, 5.74) is 0. The molecule has 98 valence electrons. The van der Waals surface area contributed by atoms with E-state index < -0.39 is 42.4 Å². The average Bonchev–Trinajstić information content (AvgIpc) is 2.55. The lowest BCUT2D eigenvalue weighted by atomic mass is 10.2. The third-order valence-electron chi connectivity index (χ3n) is 1.91. The molecule has 0 saturated carbocycles. The molecule has 1 rings (SSSR count). The van der Waals surface area contributed by atoms with Gasteiger partial charge in [-0.3, -0.25) is 0 Å². The zero-order chi connectivity index (χ0) is 13.0. The molecule has 8 heteroatoms. The summed E-state index contributed by atoms with van der Waals surface area (Å²) in [5.74, 6) is -2.36. The molecule has 8 nitrogen and oxygen atoms in total. The molecule has 0 amide bonds. The fraction of sp³-hybridized carbons (Fsp3) is 0.667. The van der Waals surface area contributed by atoms with Crippen LogP contribution in [0.15, 0.2) is 11.5 Å². The molecule has 1 aliphatic heterocycles. The number of aliphatic hydroxyl groups excluding tert-OH is 4. The molecule has 3 atom stereocenters. The first-order chi connectivity index (χ1) is 7.97. The second-order valence-electron chi connectivity index (χ2n) is 3.51. The summed E-state index contributed by atoms with van der Waals surface area (Å²) in [7, 11) is 0. The van der Waals surface area contributed by atoms with Gasteiger partial charge in [0.15, 0.2) is 6.10 Å². The zero-order valence-corrected chi connectivity index (χ0v) is 9.07. The molecule has 0 aromatic carbocycles. The van der Waals surface area contributed by atoms with Crippen LogP contribution in [0.5, 0.6) is 0 Å². The highest BCUT2D eigenvalue weighted by Crippen LogP contribution is 2.24. The molecule has 0 fully saturated rings. The molecule has 0 unspecified atom stereocenters. The van der Waals surface area contributed by atoms with Gasteiger partial charge in [0.2, 0.25) is 11.5 Å². The van der Waals surface area contributed by atoms with Crippen LogP contribution >= 0.6 is 0 Å². The molecule has 0 aliphatic carbocycles. The predicted molar refractivity (Wildman–Crippen MR) is 51.3 cm³/mol. The number of esters is 1. The van der Waals surface area contributed by atoms with Crippen molar-refractivity contribution in [1.29, 1.82) is 0 Å². The Hall–Kier alpha value is -1.35. The lowest BCUT2D eigenvalue weighted by molar-refractivity contribution is -0.284. The van der Waals surface area contributed by atoms with E-state index >= 15 is 0 Å². The maximum atomic E-state index is 11.0. The van der Waals surface area contributed by atoms with E-state index in [2.05, 4.69) is 14.5 Å². The van der Waals surface area contributed by atoms with Crippen molar-refractivity contribution in [2.24, 2.45) is 0 Å². The molecule has 0 radical (unpaired) electrons. The van der Waals surface area contributed by atoms with Crippen molar-refractivity contribution in [3.63, 3.8) is 0 Å². The Morgan fingerprint density at radius 2 is 2.12 bits per heavy atom. The van der Waals surface area contributed by atoms with Crippen LogP contribution in [0.4, 0.5) is 0 Å². The molecule has 17 heavy (non-hydrogen) atoms. The largest absolute Gasteiger partial charge is 0.499 e. The van der Waals surface area contributed by atoms with Gasteiger partial charge in [0.05, 0.1) is 12.7 Å². The predicted octanol–water partition coefficient (Wildman–Crippen LogP) is -1.64. The number of aliphatic hydroxyl groups is 4. The molecule has 0 aromatic heterocycles. The van der Waals surface area contributed by atoms with Gasteiger partial charge in [-0.2, -0.15) is 4.89 Å². The van der Waals surface area contributed by atoms with E-state index in [4.69, 9.17) is 10.2 Å². The Morgan fingerprint density at radius 3 is 2.65 bits per heavy atom. The minimum Gasteiger partial charge on any atom is -0.499 e. The number of carbonyl (C=O) groups excluding carboxylic acids is 1.